The van der Waals surface area contributed by atoms with Crippen LogP contribution in [0.15, 0.2) is 72.8 Å². The first kappa shape index (κ1) is 32.1. The van der Waals surface area contributed by atoms with Gasteiger partial charge in [0.25, 0.3) is 0 Å². The number of nitrogens with zero attached hydrogens (tertiary/aromatic N) is 3. The summed E-state index contributed by atoms with van der Waals surface area (Å²) >= 11 is 6.11. The molecule has 1 atom stereocenters. The van der Waals surface area contributed by atoms with Crippen molar-refractivity contribution >= 4 is 39.3 Å². The quantitative estimate of drug-likeness (QED) is 0.308. The molecule has 0 bridgehead atoms. The molecular formula is C31H39ClN4O4S. The van der Waals surface area contributed by atoms with Gasteiger partial charge in [-0.05, 0) is 60.7 Å². The van der Waals surface area contributed by atoms with Crippen LogP contribution in [0.25, 0.3) is 0 Å². The molecule has 0 aromatic heterocycles. The van der Waals surface area contributed by atoms with Gasteiger partial charge >= 0.3 is 10.2 Å². The van der Waals surface area contributed by atoms with E-state index in [-0.39, 0.29) is 18.9 Å². The molecular weight excluding hydrogens is 560 g/mol. The van der Waals surface area contributed by atoms with Gasteiger partial charge < -0.3 is 10.2 Å². The highest BCUT2D eigenvalue weighted by Gasteiger charge is 2.35. The first-order chi connectivity index (χ1) is 19.4. The van der Waals surface area contributed by atoms with E-state index in [0.717, 1.165) is 31.7 Å². The summed E-state index contributed by atoms with van der Waals surface area (Å²) in [6, 6.07) is 21.1. The number of hydrogen-bond donors (Lipinski definition) is 1. The molecule has 0 spiro atoms. The van der Waals surface area contributed by atoms with Crippen molar-refractivity contribution in [1.29, 1.82) is 0 Å². The number of carbonyl (C=O) groups is 2. The lowest BCUT2D eigenvalue weighted by molar-refractivity contribution is -0.140. The normalized spacial score (nSPS) is 12.2. The standard InChI is InChI=1S/C31H39ClN4O4S/c1-6-18-33-31(38)29(20-25-10-8-7-9-11-25)35(21-26-14-16-27(32)17-15-26)30(37)22-36(41(39,40)34(4)5)28-19-23(2)12-13-24(28)3/h7-17,19,29H,6,18,20-22H2,1-5H3,(H,33,38)/t29-/m1/s1. The molecule has 0 heterocycles. The van der Waals surface area contributed by atoms with Crippen molar-refractivity contribution in [2.24, 2.45) is 0 Å². The monoisotopic (exact) mass is 598 g/mol. The Morgan fingerprint density at radius 1 is 0.927 bits per heavy atom. The number of hydrogen-bond acceptors (Lipinski definition) is 4. The molecule has 0 saturated carbocycles. The highest BCUT2D eigenvalue weighted by Crippen LogP contribution is 2.26. The Hall–Kier alpha value is -3.40. The smallest absolute Gasteiger partial charge is 0.304 e. The summed E-state index contributed by atoms with van der Waals surface area (Å²) in [5, 5.41) is 3.49. The highest BCUT2D eigenvalue weighted by atomic mass is 35.5. The zero-order valence-electron chi connectivity index (χ0n) is 24.3. The molecule has 3 rings (SSSR count). The van der Waals surface area contributed by atoms with Gasteiger partial charge in [0, 0.05) is 38.6 Å². The average molecular weight is 599 g/mol. The Labute approximate surface area is 249 Å². The molecule has 41 heavy (non-hydrogen) atoms. The number of benzene rings is 3. The van der Waals surface area contributed by atoms with E-state index in [4.69, 9.17) is 11.6 Å². The number of nitrogens with one attached hydrogen (secondary N) is 1. The second kappa shape index (κ2) is 14.5. The van der Waals surface area contributed by atoms with Gasteiger partial charge in [-0.25, -0.2) is 4.31 Å². The zero-order valence-corrected chi connectivity index (χ0v) is 25.9. The summed E-state index contributed by atoms with van der Waals surface area (Å²) < 4.78 is 29.3. The van der Waals surface area contributed by atoms with Crippen molar-refractivity contribution < 1.29 is 18.0 Å². The lowest BCUT2D eigenvalue weighted by Gasteiger charge is -2.35. The third-order valence-corrected chi connectivity index (χ3v) is 8.80. The van der Waals surface area contributed by atoms with E-state index in [1.165, 1.54) is 19.0 Å². The van der Waals surface area contributed by atoms with Crippen LogP contribution < -0.4 is 9.62 Å². The fourth-order valence-electron chi connectivity index (χ4n) is 4.40. The average Bonchev–Trinajstić information content (AvgIpc) is 2.95. The third-order valence-electron chi connectivity index (χ3n) is 6.74. The fourth-order valence-corrected chi connectivity index (χ4v) is 5.64. The van der Waals surface area contributed by atoms with Gasteiger partial charge in [-0.1, -0.05) is 73.1 Å². The molecule has 220 valence electrons. The Morgan fingerprint density at radius 3 is 2.20 bits per heavy atom. The van der Waals surface area contributed by atoms with Crippen LogP contribution in [0.2, 0.25) is 5.02 Å². The molecule has 3 aromatic rings. The SMILES string of the molecule is CCCNC(=O)[C@@H](Cc1ccccc1)N(Cc1ccc(Cl)cc1)C(=O)CN(c1cc(C)ccc1C)S(=O)(=O)N(C)C. The summed E-state index contributed by atoms with van der Waals surface area (Å²) in [7, 11) is -1.20. The van der Waals surface area contributed by atoms with Crippen LogP contribution in [0.3, 0.4) is 0 Å². The van der Waals surface area contributed by atoms with Gasteiger partial charge in [0.2, 0.25) is 11.8 Å². The van der Waals surface area contributed by atoms with Crippen molar-refractivity contribution in [1.82, 2.24) is 14.5 Å². The van der Waals surface area contributed by atoms with E-state index in [9.17, 15) is 18.0 Å². The summed E-state index contributed by atoms with van der Waals surface area (Å²) in [5.74, 6) is -0.800. The van der Waals surface area contributed by atoms with Crippen LogP contribution in [0.4, 0.5) is 5.69 Å². The highest BCUT2D eigenvalue weighted by molar-refractivity contribution is 7.90. The number of rotatable bonds is 13. The van der Waals surface area contributed by atoms with Gasteiger partial charge in [0.1, 0.15) is 12.6 Å². The predicted octanol–water partition coefficient (Wildman–Crippen LogP) is 4.74. The molecule has 0 fully saturated rings. The first-order valence-corrected chi connectivity index (χ1v) is 15.3. The summed E-state index contributed by atoms with van der Waals surface area (Å²) in [4.78, 5) is 29.3. The lowest BCUT2D eigenvalue weighted by atomic mass is 10.0. The van der Waals surface area contributed by atoms with Crippen molar-refractivity contribution in [3.8, 4) is 0 Å². The van der Waals surface area contributed by atoms with Gasteiger partial charge in [-0.15, -0.1) is 0 Å². The molecule has 10 heteroatoms. The molecule has 0 unspecified atom stereocenters. The van der Waals surface area contributed by atoms with Crippen molar-refractivity contribution in [2.75, 3.05) is 31.5 Å². The molecule has 0 aliphatic carbocycles. The van der Waals surface area contributed by atoms with Crippen LogP contribution in [0.1, 0.15) is 35.6 Å². The number of anilines is 1. The van der Waals surface area contributed by atoms with E-state index in [0.29, 0.717) is 22.8 Å². The Bertz CT molecular complexity index is 1430. The van der Waals surface area contributed by atoms with E-state index in [1.807, 2.05) is 56.3 Å². The maximum Gasteiger partial charge on any atom is 0.304 e. The first-order valence-electron chi connectivity index (χ1n) is 13.6. The van der Waals surface area contributed by atoms with E-state index < -0.39 is 28.7 Å². The van der Waals surface area contributed by atoms with Crippen LogP contribution in [-0.2, 0) is 32.8 Å². The molecule has 1 N–H and O–H groups in total. The molecule has 2 amide bonds. The summed E-state index contributed by atoms with van der Waals surface area (Å²) in [6.45, 7) is 5.69. The van der Waals surface area contributed by atoms with E-state index in [1.54, 1.807) is 37.3 Å². The Morgan fingerprint density at radius 2 is 1.59 bits per heavy atom. The number of amides is 2. The minimum atomic E-state index is -4.06. The minimum Gasteiger partial charge on any atom is -0.354 e. The third kappa shape index (κ3) is 8.55. The van der Waals surface area contributed by atoms with Gasteiger partial charge in [-0.3, -0.25) is 9.59 Å². The van der Waals surface area contributed by atoms with Crippen LogP contribution >= 0.6 is 11.6 Å². The molecule has 0 radical (unpaired) electrons. The number of aryl methyl sites for hydroxylation is 2. The van der Waals surface area contributed by atoms with Crippen LogP contribution in [0, 0.1) is 13.8 Å². The van der Waals surface area contributed by atoms with Crippen molar-refractivity contribution in [3.63, 3.8) is 0 Å². The second-order valence-electron chi connectivity index (χ2n) is 10.2. The molecule has 3 aromatic carbocycles. The molecule has 0 aliphatic rings. The van der Waals surface area contributed by atoms with Gasteiger partial charge in [-0.2, -0.15) is 12.7 Å². The van der Waals surface area contributed by atoms with Gasteiger partial charge in [0.05, 0.1) is 5.69 Å². The van der Waals surface area contributed by atoms with E-state index >= 15 is 0 Å². The fraction of sp³-hybridized carbons (Fsp3) is 0.355. The van der Waals surface area contributed by atoms with Crippen LogP contribution in [-0.4, -0.2) is 62.7 Å². The molecule has 0 saturated heterocycles. The molecule has 0 aliphatic heterocycles. The number of carbonyl (C=O) groups excluding carboxylic acids is 2. The Kier molecular flexibility index (Phi) is 11.3. The van der Waals surface area contributed by atoms with Crippen LogP contribution in [0.5, 0.6) is 0 Å². The van der Waals surface area contributed by atoms with Crippen molar-refractivity contribution in [3.05, 3.63) is 100 Å². The maximum atomic E-state index is 14.3. The second-order valence-corrected chi connectivity index (χ2v) is 12.7. The molecule has 8 nitrogen and oxygen atoms in total. The largest absolute Gasteiger partial charge is 0.354 e. The van der Waals surface area contributed by atoms with E-state index in [2.05, 4.69) is 5.32 Å². The Balaban J connectivity index is 2.11. The number of halogens is 1. The zero-order chi connectivity index (χ0) is 30.2. The predicted molar refractivity (Wildman–Crippen MR) is 165 cm³/mol. The topological polar surface area (TPSA) is 90.0 Å². The summed E-state index contributed by atoms with van der Waals surface area (Å²) in [5.41, 5.74) is 3.62. The van der Waals surface area contributed by atoms with Gasteiger partial charge in [0.15, 0.2) is 0 Å². The summed E-state index contributed by atoms with van der Waals surface area (Å²) in [6.07, 6.45) is 0.996. The lowest BCUT2D eigenvalue weighted by Crippen LogP contribution is -2.54. The maximum absolute atomic E-state index is 14.3. The minimum absolute atomic E-state index is 0.0930. The van der Waals surface area contributed by atoms with Crippen molar-refractivity contribution in [2.45, 2.75) is 46.2 Å².